The summed E-state index contributed by atoms with van der Waals surface area (Å²) in [6.07, 6.45) is 11.9. The molecule has 1 saturated carbocycles. The van der Waals surface area contributed by atoms with Crippen LogP contribution in [-0.2, 0) is 9.53 Å². The van der Waals surface area contributed by atoms with Crippen molar-refractivity contribution in [2.24, 2.45) is 11.7 Å². The predicted molar refractivity (Wildman–Crippen MR) is 92.3 cm³/mol. The average Bonchev–Trinajstić information content (AvgIpc) is 2.54. The molecular formula is C17H33ClN2O2. The lowest BCUT2D eigenvalue weighted by atomic mass is 9.86. The molecule has 0 unspecified atom stereocenters. The van der Waals surface area contributed by atoms with Gasteiger partial charge in [0.2, 0.25) is 5.91 Å². The molecule has 2 N–H and O–H groups in total. The highest BCUT2D eigenvalue weighted by molar-refractivity contribution is 5.85. The van der Waals surface area contributed by atoms with E-state index in [0.717, 1.165) is 57.7 Å². The molecule has 0 radical (unpaired) electrons. The summed E-state index contributed by atoms with van der Waals surface area (Å²) >= 11 is 0. The number of hydrogen-bond donors (Lipinski definition) is 1. The Morgan fingerprint density at radius 2 is 1.77 bits per heavy atom. The van der Waals surface area contributed by atoms with Crippen LogP contribution in [0.2, 0.25) is 0 Å². The zero-order valence-corrected chi connectivity index (χ0v) is 14.6. The Bertz CT molecular complexity index is 301. The molecule has 1 amide bonds. The molecule has 1 heterocycles. The monoisotopic (exact) mass is 332 g/mol. The number of halogens is 1. The van der Waals surface area contributed by atoms with Gasteiger partial charge >= 0.3 is 0 Å². The molecule has 0 bridgehead atoms. The van der Waals surface area contributed by atoms with Crippen LogP contribution in [0.25, 0.3) is 0 Å². The Hall–Kier alpha value is -0.320. The molecule has 0 spiro atoms. The lowest BCUT2D eigenvalue weighted by molar-refractivity contribution is -0.134. The van der Waals surface area contributed by atoms with Crippen LogP contribution >= 0.6 is 12.4 Å². The lowest BCUT2D eigenvalue weighted by Gasteiger charge is -2.32. The molecule has 130 valence electrons. The fourth-order valence-electron chi connectivity index (χ4n) is 3.57. The Labute approximate surface area is 141 Å². The van der Waals surface area contributed by atoms with Crippen molar-refractivity contribution in [3.8, 4) is 0 Å². The van der Waals surface area contributed by atoms with Crippen LogP contribution in [0.15, 0.2) is 0 Å². The van der Waals surface area contributed by atoms with E-state index in [0.29, 0.717) is 18.6 Å². The number of nitrogens with two attached hydrogens (primary N) is 1. The molecule has 2 rings (SSSR count). The number of piperidine rings is 1. The maximum absolute atomic E-state index is 12.3. The van der Waals surface area contributed by atoms with E-state index in [9.17, 15) is 4.79 Å². The second-order valence-electron chi connectivity index (χ2n) is 6.64. The highest BCUT2D eigenvalue weighted by Gasteiger charge is 2.23. The van der Waals surface area contributed by atoms with Gasteiger partial charge in [-0.2, -0.15) is 0 Å². The maximum atomic E-state index is 12.3. The molecule has 22 heavy (non-hydrogen) atoms. The van der Waals surface area contributed by atoms with Gasteiger partial charge in [-0.1, -0.05) is 32.1 Å². The Morgan fingerprint density at radius 3 is 2.41 bits per heavy atom. The van der Waals surface area contributed by atoms with Gasteiger partial charge < -0.3 is 15.4 Å². The van der Waals surface area contributed by atoms with E-state index in [1.165, 1.54) is 32.1 Å². The molecule has 1 aliphatic carbocycles. The fourth-order valence-corrected chi connectivity index (χ4v) is 3.57. The Kier molecular flexibility index (Phi) is 10.1. The van der Waals surface area contributed by atoms with E-state index < -0.39 is 0 Å². The first-order chi connectivity index (χ1) is 10.3. The van der Waals surface area contributed by atoms with E-state index in [1.807, 2.05) is 4.90 Å². The van der Waals surface area contributed by atoms with Crippen LogP contribution in [0.5, 0.6) is 0 Å². The van der Waals surface area contributed by atoms with Crippen molar-refractivity contribution in [2.45, 2.75) is 70.3 Å². The zero-order chi connectivity index (χ0) is 14.9. The van der Waals surface area contributed by atoms with Crippen molar-refractivity contribution in [1.82, 2.24) is 4.90 Å². The summed E-state index contributed by atoms with van der Waals surface area (Å²) in [5, 5.41) is 0. The minimum Gasteiger partial charge on any atom is -0.378 e. The molecule has 4 nitrogen and oxygen atoms in total. The van der Waals surface area contributed by atoms with Crippen LogP contribution in [0.3, 0.4) is 0 Å². The SMILES string of the molecule is Cl.NCCCOC1CCN(C(=O)CCC2CCCCC2)CC1. The molecule has 2 aliphatic rings. The van der Waals surface area contributed by atoms with Gasteiger partial charge in [-0.05, 0) is 38.1 Å². The highest BCUT2D eigenvalue weighted by atomic mass is 35.5. The fraction of sp³-hybridized carbons (Fsp3) is 0.941. The molecule has 0 aromatic heterocycles. The van der Waals surface area contributed by atoms with Crippen molar-refractivity contribution < 1.29 is 9.53 Å². The molecule has 2 fully saturated rings. The topological polar surface area (TPSA) is 55.6 Å². The molecular weight excluding hydrogens is 300 g/mol. The van der Waals surface area contributed by atoms with Crippen LogP contribution < -0.4 is 5.73 Å². The second kappa shape index (κ2) is 11.3. The summed E-state index contributed by atoms with van der Waals surface area (Å²) in [5.74, 6) is 1.17. The highest BCUT2D eigenvalue weighted by Crippen LogP contribution is 2.27. The quantitative estimate of drug-likeness (QED) is 0.729. The first kappa shape index (κ1) is 19.7. The third kappa shape index (κ3) is 6.84. The molecule has 0 aromatic rings. The van der Waals surface area contributed by atoms with E-state index in [1.54, 1.807) is 0 Å². The normalized spacial score (nSPS) is 20.7. The molecule has 0 atom stereocenters. The van der Waals surface area contributed by atoms with Crippen molar-refractivity contribution in [3.05, 3.63) is 0 Å². The first-order valence-corrected chi connectivity index (χ1v) is 8.89. The van der Waals surface area contributed by atoms with Crippen LogP contribution in [0.4, 0.5) is 0 Å². The number of hydrogen-bond acceptors (Lipinski definition) is 3. The summed E-state index contributed by atoms with van der Waals surface area (Å²) in [4.78, 5) is 14.3. The van der Waals surface area contributed by atoms with Gasteiger partial charge in [-0.25, -0.2) is 0 Å². The van der Waals surface area contributed by atoms with Crippen molar-refractivity contribution in [1.29, 1.82) is 0 Å². The number of amides is 1. The van der Waals surface area contributed by atoms with Gasteiger partial charge in [0.1, 0.15) is 0 Å². The maximum Gasteiger partial charge on any atom is 0.222 e. The minimum absolute atomic E-state index is 0. The lowest BCUT2D eigenvalue weighted by Crippen LogP contribution is -2.41. The number of likely N-dealkylation sites (tertiary alicyclic amines) is 1. The van der Waals surface area contributed by atoms with E-state index in [2.05, 4.69) is 0 Å². The standard InChI is InChI=1S/C17H32N2O2.ClH/c18-11-4-14-21-16-9-12-19(13-10-16)17(20)8-7-15-5-2-1-3-6-15;/h15-16H,1-14,18H2;1H. The van der Waals surface area contributed by atoms with Crippen LogP contribution in [0, 0.1) is 5.92 Å². The third-order valence-corrected chi connectivity index (χ3v) is 4.99. The van der Waals surface area contributed by atoms with Crippen LogP contribution in [-0.4, -0.2) is 43.2 Å². The molecule has 0 aromatic carbocycles. The van der Waals surface area contributed by atoms with Gasteiger partial charge in [-0.3, -0.25) is 4.79 Å². The number of carbonyl (C=O) groups is 1. The van der Waals surface area contributed by atoms with E-state index >= 15 is 0 Å². The average molecular weight is 333 g/mol. The minimum atomic E-state index is 0. The Morgan fingerprint density at radius 1 is 1.09 bits per heavy atom. The van der Waals surface area contributed by atoms with E-state index in [-0.39, 0.29) is 12.4 Å². The predicted octanol–water partition coefficient (Wildman–Crippen LogP) is 3.13. The van der Waals surface area contributed by atoms with Crippen LogP contribution in [0.1, 0.15) is 64.2 Å². The second-order valence-corrected chi connectivity index (χ2v) is 6.64. The number of ether oxygens (including phenoxy) is 1. The summed E-state index contributed by atoms with van der Waals surface area (Å²) in [6.45, 7) is 3.20. The summed E-state index contributed by atoms with van der Waals surface area (Å²) in [6, 6.07) is 0. The third-order valence-electron chi connectivity index (χ3n) is 4.99. The van der Waals surface area contributed by atoms with Crippen molar-refractivity contribution in [2.75, 3.05) is 26.2 Å². The molecule has 1 saturated heterocycles. The smallest absolute Gasteiger partial charge is 0.222 e. The van der Waals surface area contributed by atoms with Gasteiger partial charge in [0.25, 0.3) is 0 Å². The van der Waals surface area contributed by atoms with Gasteiger partial charge in [0.05, 0.1) is 6.10 Å². The molecule has 5 heteroatoms. The first-order valence-electron chi connectivity index (χ1n) is 8.89. The summed E-state index contributed by atoms with van der Waals surface area (Å²) < 4.78 is 5.79. The summed E-state index contributed by atoms with van der Waals surface area (Å²) in [7, 11) is 0. The number of rotatable bonds is 7. The number of carbonyl (C=O) groups excluding carboxylic acids is 1. The zero-order valence-electron chi connectivity index (χ0n) is 13.8. The van der Waals surface area contributed by atoms with E-state index in [4.69, 9.17) is 10.5 Å². The van der Waals surface area contributed by atoms with Gasteiger partial charge in [0, 0.05) is 26.1 Å². The number of nitrogens with zero attached hydrogens (tertiary/aromatic N) is 1. The van der Waals surface area contributed by atoms with Crippen molar-refractivity contribution in [3.63, 3.8) is 0 Å². The largest absolute Gasteiger partial charge is 0.378 e. The van der Waals surface area contributed by atoms with Gasteiger partial charge in [-0.15, -0.1) is 12.4 Å². The van der Waals surface area contributed by atoms with Gasteiger partial charge in [0.15, 0.2) is 0 Å². The molecule has 1 aliphatic heterocycles. The summed E-state index contributed by atoms with van der Waals surface area (Å²) in [5.41, 5.74) is 5.47. The Balaban J connectivity index is 0.00000242. The van der Waals surface area contributed by atoms with Crippen molar-refractivity contribution >= 4 is 18.3 Å².